The molecule has 0 atom stereocenters. The summed E-state index contributed by atoms with van der Waals surface area (Å²) in [6.45, 7) is 3.81. The molecule has 0 spiro atoms. The van der Waals surface area contributed by atoms with Crippen LogP contribution < -0.4 is 5.14 Å². The largest absolute Gasteiger partial charge is 0.319 e. The molecular formula is C17H26N4O4S3. The average Bonchev–Trinajstić information content (AvgIpc) is 3.01. The van der Waals surface area contributed by atoms with Gasteiger partial charge in [-0.3, -0.25) is 0 Å². The lowest BCUT2D eigenvalue weighted by molar-refractivity contribution is 0.346. The van der Waals surface area contributed by atoms with E-state index in [1.54, 1.807) is 22.5 Å². The number of hydrogen-bond donors (Lipinski definition) is 1. The van der Waals surface area contributed by atoms with Crippen LogP contribution in [0.5, 0.6) is 0 Å². The van der Waals surface area contributed by atoms with Crippen molar-refractivity contribution in [3.8, 4) is 0 Å². The van der Waals surface area contributed by atoms with E-state index in [1.807, 2.05) is 11.5 Å². The molecule has 1 fully saturated rings. The first-order chi connectivity index (χ1) is 13.2. The SMILES string of the molecule is CCn1c(SCCCS(N)(=O)=O)nc2cc(S(=O)(=O)N3CCCCC3)ccc21. The molecule has 1 aromatic carbocycles. The maximum atomic E-state index is 12.9. The summed E-state index contributed by atoms with van der Waals surface area (Å²) >= 11 is 1.45. The molecule has 3 rings (SSSR count). The van der Waals surface area contributed by atoms with Crippen molar-refractivity contribution < 1.29 is 16.8 Å². The number of aryl methyl sites for hydroxylation is 1. The van der Waals surface area contributed by atoms with E-state index in [1.165, 1.54) is 11.8 Å². The Labute approximate surface area is 170 Å². The van der Waals surface area contributed by atoms with Gasteiger partial charge < -0.3 is 4.57 Å². The Balaban J connectivity index is 1.84. The van der Waals surface area contributed by atoms with E-state index in [2.05, 4.69) is 4.98 Å². The number of nitrogens with zero attached hydrogens (tertiary/aromatic N) is 3. The molecule has 1 saturated heterocycles. The molecule has 28 heavy (non-hydrogen) atoms. The highest BCUT2D eigenvalue weighted by Gasteiger charge is 2.26. The first-order valence-electron chi connectivity index (χ1n) is 9.36. The standard InChI is InChI=1S/C17H26N4O4S3/c1-2-21-16-8-7-14(28(24,25)20-9-4-3-5-10-20)13-15(16)19-17(21)26-11-6-12-27(18,22)23/h7-8,13H,2-6,9-12H2,1H3,(H2,18,22,23). The third-order valence-electron chi connectivity index (χ3n) is 4.76. The number of sulfonamides is 2. The van der Waals surface area contributed by atoms with Crippen molar-refractivity contribution in [3.63, 3.8) is 0 Å². The lowest BCUT2D eigenvalue weighted by atomic mass is 10.2. The molecule has 8 nitrogen and oxygen atoms in total. The second-order valence-corrected chi connectivity index (χ2v) is 11.6. The molecular weight excluding hydrogens is 420 g/mol. The molecule has 0 unspecified atom stereocenters. The van der Waals surface area contributed by atoms with Crippen molar-refractivity contribution >= 4 is 42.8 Å². The summed E-state index contributed by atoms with van der Waals surface area (Å²) < 4.78 is 51.5. The summed E-state index contributed by atoms with van der Waals surface area (Å²) in [4.78, 5) is 4.87. The number of aromatic nitrogens is 2. The summed E-state index contributed by atoms with van der Waals surface area (Å²) in [5.74, 6) is 0.503. The maximum Gasteiger partial charge on any atom is 0.243 e. The van der Waals surface area contributed by atoms with Gasteiger partial charge in [0.2, 0.25) is 20.0 Å². The minimum Gasteiger partial charge on any atom is -0.319 e. The Morgan fingerprint density at radius 3 is 2.50 bits per heavy atom. The zero-order valence-corrected chi connectivity index (χ0v) is 18.3. The van der Waals surface area contributed by atoms with E-state index in [0.29, 0.717) is 37.3 Å². The van der Waals surface area contributed by atoms with Crippen LogP contribution in [-0.4, -0.2) is 55.3 Å². The molecule has 2 heterocycles. The van der Waals surface area contributed by atoms with Gasteiger partial charge in [-0.25, -0.2) is 27.0 Å². The second kappa shape index (κ2) is 8.70. The highest BCUT2D eigenvalue weighted by molar-refractivity contribution is 7.99. The Morgan fingerprint density at radius 1 is 1.14 bits per heavy atom. The molecule has 11 heteroatoms. The zero-order chi connectivity index (χ0) is 20.4. The van der Waals surface area contributed by atoms with Crippen LogP contribution in [0.25, 0.3) is 11.0 Å². The topological polar surface area (TPSA) is 115 Å². The lowest BCUT2D eigenvalue weighted by Gasteiger charge is -2.25. The van der Waals surface area contributed by atoms with Crippen LogP contribution >= 0.6 is 11.8 Å². The Hall–Kier alpha value is -1.14. The number of fused-ring (bicyclic) bond motifs is 1. The summed E-state index contributed by atoms with van der Waals surface area (Å²) in [5, 5.41) is 5.78. The molecule has 0 bridgehead atoms. The Morgan fingerprint density at radius 2 is 1.86 bits per heavy atom. The van der Waals surface area contributed by atoms with E-state index in [-0.39, 0.29) is 10.6 Å². The third-order valence-corrected chi connectivity index (χ3v) is 8.57. The van der Waals surface area contributed by atoms with Crippen LogP contribution in [0, 0.1) is 0 Å². The van der Waals surface area contributed by atoms with E-state index >= 15 is 0 Å². The van der Waals surface area contributed by atoms with Gasteiger partial charge >= 0.3 is 0 Å². The molecule has 156 valence electrons. The molecule has 0 aliphatic carbocycles. The minimum atomic E-state index is -3.50. The van der Waals surface area contributed by atoms with Gasteiger partial charge in [-0.05, 0) is 44.4 Å². The fourth-order valence-electron chi connectivity index (χ4n) is 3.34. The summed E-state index contributed by atoms with van der Waals surface area (Å²) in [6.07, 6.45) is 3.29. The van der Waals surface area contributed by atoms with E-state index in [4.69, 9.17) is 5.14 Å². The van der Waals surface area contributed by atoms with E-state index in [9.17, 15) is 16.8 Å². The summed E-state index contributed by atoms with van der Waals surface area (Å²) in [5.41, 5.74) is 1.50. The molecule has 1 aliphatic rings. The van der Waals surface area contributed by atoms with Crippen molar-refractivity contribution in [3.05, 3.63) is 18.2 Å². The Bertz CT molecular complexity index is 1040. The molecule has 2 N–H and O–H groups in total. The fourth-order valence-corrected chi connectivity index (χ4v) is 6.63. The Kier molecular flexibility index (Phi) is 6.70. The van der Waals surface area contributed by atoms with Gasteiger partial charge in [-0.1, -0.05) is 18.2 Å². The van der Waals surface area contributed by atoms with Crippen LogP contribution in [0.1, 0.15) is 32.6 Å². The van der Waals surface area contributed by atoms with Crippen LogP contribution in [0.3, 0.4) is 0 Å². The predicted octanol–water partition coefficient (Wildman–Crippen LogP) is 2.00. The highest BCUT2D eigenvalue weighted by atomic mass is 32.2. The number of primary sulfonamides is 1. The summed E-state index contributed by atoms with van der Waals surface area (Å²) in [7, 11) is -6.97. The van der Waals surface area contributed by atoms with Crippen LogP contribution in [-0.2, 0) is 26.6 Å². The first kappa shape index (κ1) is 21.6. The van der Waals surface area contributed by atoms with Crippen molar-refractivity contribution in [2.24, 2.45) is 5.14 Å². The van der Waals surface area contributed by atoms with Crippen molar-refractivity contribution in [2.45, 2.75) is 49.2 Å². The van der Waals surface area contributed by atoms with Crippen LogP contribution in [0.2, 0.25) is 0 Å². The number of nitrogens with two attached hydrogens (primary N) is 1. The predicted molar refractivity (Wildman–Crippen MR) is 111 cm³/mol. The maximum absolute atomic E-state index is 12.9. The number of rotatable bonds is 8. The van der Waals surface area contributed by atoms with Crippen LogP contribution in [0.15, 0.2) is 28.3 Å². The van der Waals surface area contributed by atoms with Gasteiger partial charge in [0.15, 0.2) is 5.16 Å². The normalized spacial score (nSPS) is 16.6. The van der Waals surface area contributed by atoms with E-state index in [0.717, 1.165) is 29.9 Å². The van der Waals surface area contributed by atoms with Crippen molar-refractivity contribution in [1.82, 2.24) is 13.9 Å². The molecule has 1 aromatic heterocycles. The number of imidazole rings is 1. The zero-order valence-electron chi connectivity index (χ0n) is 15.9. The van der Waals surface area contributed by atoms with Gasteiger partial charge in [0.05, 0.1) is 21.7 Å². The van der Waals surface area contributed by atoms with Crippen molar-refractivity contribution in [1.29, 1.82) is 0 Å². The van der Waals surface area contributed by atoms with Crippen LogP contribution in [0.4, 0.5) is 0 Å². The van der Waals surface area contributed by atoms with Crippen molar-refractivity contribution in [2.75, 3.05) is 24.6 Å². The van der Waals surface area contributed by atoms with Gasteiger partial charge in [-0.15, -0.1) is 0 Å². The second-order valence-electron chi connectivity index (χ2n) is 6.82. The fraction of sp³-hybridized carbons (Fsp3) is 0.588. The highest BCUT2D eigenvalue weighted by Crippen LogP contribution is 2.28. The summed E-state index contributed by atoms with van der Waals surface area (Å²) in [6, 6.07) is 5.09. The smallest absolute Gasteiger partial charge is 0.243 e. The van der Waals surface area contributed by atoms with Gasteiger partial charge in [0, 0.05) is 25.4 Å². The molecule has 2 aromatic rings. The van der Waals surface area contributed by atoms with E-state index < -0.39 is 20.0 Å². The number of hydrogen-bond acceptors (Lipinski definition) is 6. The van der Waals surface area contributed by atoms with Gasteiger partial charge in [0.25, 0.3) is 0 Å². The monoisotopic (exact) mass is 446 g/mol. The lowest BCUT2D eigenvalue weighted by Crippen LogP contribution is -2.35. The average molecular weight is 447 g/mol. The number of piperidine rings is 1. The number of thioether (sulfide) groups is 1. The minimum absolute atomic E-state index is 0.0649. The quantitative estimate of drug-likeness (QED) is 0.490. The molecule has 0 radical (unpaired) electrons. The van der Waals surface area contributed by atoms with Gasteiger partial charge in [0.1, 0.15) is 0 Å². The molecule has 0 amide bonds. The molecule has 0 saturated carbocycles. The first-order valence-corrected chi connectivity index (χ1v) is 13.5. The third kappa shape index (κ3) is 4.88. The van der Waals surface area contributed by atoms with Gasteiger partial charge in [-0.2, -0.15) is 4.31 Å². The molecule has 1 aliphatic heterocycles. The number of benzene rings is 1.